The van der Waals surface area contributed by atoms with Crippen LogP contribution in [0.25, 0.3) is 0 Å². The molecule has 0 saturated heterocycles. The molecule has 2 rings (SSSR count). The van der Waals surface area contributed by atoms with Gasteiger partial charge in [0.05, 0.1) is 25.9 Å². The number of halogens is 1. The van der Waals surface area contributed by atoms with E-state index in [1.54, 1.807) is 6.07 Å². The third-order valence-corrected chi connectivity index (χ3v) is 3.75. The van der Waals surface area contributed by atoms with E-state index in [-0.39, 0.29) is 24.2 Å². The van der Waals surface area contributed by atoms with Crippen molar-refractivity contribution in [2.24, 2.45) is 0 Å². The molecule has 2 aromatic carbocycles. The molecule has 128 valence electrons. The molecule has 6 heteroatoms. The molecule has 24 heavy (non-hydrogen) atoms. The first kappa shape index (κ1) is 17.7. The number of hydrogen-bond acceptors (Lipinski definition) is 5. The number of carbonyl (C=O) groups is 1. The zero-order valence-corrected chi connectivity index (χ0v) is 13.5. The van der Waals surface area contributed by atoms with Crippen LogP contribution in [0.1, 0.15) is 34.0 Å². The molecular weight excluding hydrogens is 315 g/mol. The van der Waals surface area contributed by atoms with E-state index in [1.165, 1.54) is 44.6 Å². The number of ether oxygens (including phenoxy) is 2. The fraction of sp³-hybridized carbons (Fsp3) is 0.278. The molecule has 1 atom stereocenters. The quantitative estimate of drug-likeness (QED) is 0.794. The SMILES string of the molecule is COC(=O)c1ccc(O)c(CCC(O)c2ccc(OC)cc2F)c1. The predicted molar refractivity (Wildman–Crippen MR) is 85.7 cm³/mol. The summed E-state index contributed by atoms with van der Waals surface area (Å²) in [5, 5.41) is 20.1. The Morgan fingerprint density at radius 1 is 1.21 bits per heavy atom. The Labute approximate surface area is 139 Å². The molecule has 0 amide bonds. The number of hydrogen-bond donors (Lipinski definition) is 2. The number of phenolic OH excluding ortho intramolecular Hbond substituents is 1. The molecule has 0 aliphatic heterocycles. The number of methoxy groups -OCH3 is 2. The van der Waals surface area contributed by atoms with Gasteiger partial charge in [-0.15, -0.1) is 0 Å². The van der Waals surface area contributed by atoms with E-state index in [4.69, 9.17) is 4.74 Å². The van der Waals surface area contributed by atoms with Gasteiger partial charge < -0.3 is 19.7 Å². The van der Waals surface area contributed by atoms with Gasteiger partial charge in [-0.25, -0.2) is 9.18 Å². The first-order valence-electron chi connectivity index (χ1n) is 7.38. The van der Waals surface area contributed by atoms with Crippen molar-refractivity contribution in [1.29, 1.82) is 0 Å². The van der Waals surface area contributed by atoms with Crippen LogP contribution < -0.4 is 4.74 Å². The summed E-state index contributed by atoms with van der Waals surface area (Å²) in [7, 11) is 2.70. The van der Waals surface area contributed by atoms with Gasteiger partial charge in [0.15, 0.2) is 0 Å². The van der Waals surface area contributed by atoms with Gasteiger partial charge in [-0.2, -0.15) is 0 Å². The molecule has 1 unspecified atom stereocenters. The van der Waals surface area contributed by atoms with E-state index in [0.717, 1.165) is 0 Å². The highest BCUT2D eigenvalue weighted by atomic mass is 19.1. The smallest absolute Gasteiger partial charge is 0.337 e. The lowest BCUT2D eigenvalue weighted by atomic mass is 9.99. The fourth-order valence-corrected chi connectivity index (χ4v) is 2.38. The maximum atomic E-state index is 14.0. The number of benzene rings is 2. The van der Waals surface area contributed by atoms with Gasteiger partial charge in [-0.1, -0.05) is 0 Å². The van der Waals surface area contributed by atoms with Crippen LogP contribution in [0.15, 0.2) is 36.4 Å². The molecule has 0 aromatic heterocycles. The van der Waals surface area contributed by atoms with E-state index in [0.29, 0.717) is 16.9 Å². The normalized spacial score (nSPS) is 11.8. The number of esters is 1. The average molecular weight is 334 g/mol. The molecule has 5 nitrogen and oxygen atoms in total. The second kappa shape index (κ2) is 7.79. The highest BCUT2D eigenvalue weighted by Crippen LogP contribution is 2.27. The summed E-state index contributed by atoms with van der Waals surface area (Å²) in [5.41, 5.74) is 0.931. The lowest BCUT2D eigenvalue weighted by Crippen LogP contribution is -2.05. The fourth-order valence-electron chi connectivity index (χ4n) is 2.38. The van der Waals surface area contributed by atoms with Crippen LogP contribution in [0.4, 0.5) is 4.39 Å². The summed E-state index contributed by atoms with van der Waals surface area (Å²) in [6, 6.07) is 8.57. The number of aliphatic hydroxyl groups excluding tert-OH is 1. The summed E-state index contributed by atoms with van der Waals surface area (Å²) in [4.78, 5) is 11.5. The molecule has 0 aliphatic carbocycles. The summed E-state index contributed by atoms with van der Waals surface area (Å²) in [5.74, 6) is -0.704. The number of carbonyl (C=O) groups excluding carboxylic acids is 1. The van der Waals surface area contributed by atoms with Gasteiger partial charge in [0, 0.05) is 11.6 Å². The topological polar surface area (TPSA) is 76.0 Å². The molecule has 0 fully saturated rings. The minimum absolute atomic E-state index is 0.00468. The molecule has 0 aliphatic rings. The van der Waals surface area contributed by atoms with Crippen molar-refractivity contribution in [3.8, 4) is 11.5 Å². The van der Waals surface area contributed by atoms with Crippen LogP contribution in [0, 0.1) is 5.82 Å². The predicted octanol–water partition coefficient (Wildman–Crippen LogP) is 2.99. The van der Waals surface area contributed by atoms with Gasteiger partial charge in [0.1, 0.15) is 17.3 Å². The van der Waals surface area contributed by atoms with Crippen molar-refractivity contribution in [2.45, 2.75) is 18.9 Å². The molecule has 2 aromatic rings. The van der Waals surface area contributed by atoms with Crippen LogP contribution in [-0.4, -0.2) is 30.4 Å². The van der Waals surface area contributed by atoms with Crippen LogP contribution >= 0.6 is 0 Å². The number of phenols is 1. The number of aromatic hydroxyl groups is 1. The Balaban J connectivity index is 2.11. The van der Waals surface area contributed by atoms with Gasteiger partial charge in [0.25, 0.3) is 0 Å². The monoisotopic (exact) mass is 334 g/mol. The Kier molecular flexibility index (Phi) is 5.76. The van der Waals surface area contributed by atoms with Gasteiger partial charge in [-0.3, -0.25) is 0 Å². The van der Waals surface area contributed by atoms with Crippen molar-refractivity contribution in [1.82, 2.24) is 0 Å². The number of rotatable bonds is 6. The van der Waals surface area contributed by atoms with Crippen molar-refractivity contribution in [3.63, 3.8) is 0 Å². The highest BCUT2D eigenvalue weighted by Gasteiger charge is 2.16. The van der Waals surface area contributed by atoms with Crippen LogP contribution in [0.3, 0.4) is 0 Å². The molecular formula is C18H19FO5. The Morgan fingerprint density at radius 2 is 1.96 bits per heavy atom. The molecule has 2 N–H and O–H groups in total. The minimum Gasteiger partial charge on any atom is -0.508 e. The number of aryl methyl sites for hydroxylation is 1. The molecule has 0 bridgehead atoms. The Bertz CT molecular complexity index is 729. The molecule has 0 saturated carbocycles. The van der Waals surface area contributed by atoms with E-state index < -0.39 is 17.9 Å². The van der Waals surface area contributed by atoms with Gasteiger partial charge in [0.2, 0.25) is 0 Å². The van der Waals surface area contributed by atoms with Gasteiger partial charge >= 0.3 is 5.97 Å². The second-order valence-corrected chi connectivity index (χ2v) is 5.28. The zero-order valence-electron chi connectivity index (χ0n) is 13.5. The largest absolute Gasteiger partial charge is 0.508 e. The summed E-state index contributed by atoms with van der Waals surface area (Å²) >= 11 is 0. The maximum absolute atomic E-state index is 14.0. The van der Waals surface area contributed by atoms with Crippen LogP contribution in [-0.2, 0) is 11.2 Å². The average Bonchev–Trinajstić information content (AvgIpc) is 2.59. The molecule has 0 radical (unpaired) electrons. The zero-order chi connectivity index (χ0) is 17.7. The standard InChI is InChI=1S/C18H19FO5/c1-23-13-5-6-14(15(19)10-13)17(21)8-3-11-9-12(18(22)24-2)4-7-16(11)20/h4-7,9-10,17,20-21H,3,8H2,1-2H3. The van der Waals surface area contributed by atoms with Crippen LogP contribution in [0.5, 0.6) is 11.5 Å². The third kappa shape index (κ3) is 4.02. The Hall–Kier alpha value is -2.60. The van der Waals surface area contributed by atoms with E-state index >= 15 is 0 Å². The van der Waals surface area contributed by atoms with Crippen molar-refractivity contribution in [3.05, 3.63) is 58.9 Å². The first-order valence-corrected chi connectivity index (χ1v) is 7.38. The van der Waals surface area contributed by atoms with E-state index in [1.807, 2.05) is 0 Å². The van der Waals surface area contributed by atoms with Gasteiger partial charge in [-0.05, 0) is 48.7 Å². The maximum Gasteiger partial charge on any atom is 0.337 e. The minimum atomic E-state index is -1.04. The first-order chi connectivity index (χ1) is 11.5. The summed E-state index contributed by atoms with van der Waals surface area (Å²) < 4.78 is 23.5. The van der Waals surface area contributed by atoms with Crippen molar-refractivity contribution < 1.29 is 28.9 Å². The van der Waals surface area contributed by atoms with Crippen molar-refractivity contribution >= 4 is 5.97 Å². The van der Waals surface area contributed by atoms with E-state index in [9.17, 15) is 19.4 Å². The third-order valence-electron chi connectivity index (χ3n) is 3.75. The summed E-state index contributed by atoms with van der Waals surface area (Å²) in [6.45, 7) is 0. The second-order valence-electron chi connectivity index (χ2n) is 5.28. The van der Waals surface area contributed by atoms with E-state index in [2.05, 4.69) is 4.74 Å². The summed E-state index contributed by atoms with van der Waals surface area (Å²) in [6.07, 6.45) is -0.595. The lowest BCUT2D eigenvalue weighted by Gasteiger charge is -2.14. The van der Waals surface area contributed by atoms with Crippen molar-refractivity contribution in [2.75, 3.05) is 14.2 Å². The lowest BCUT2D eigenvalue weighted by molar-refractivity contribution is 0.0600. The molecule has 0 spiro atoms. The Morgan fingerprint density at radius 3 is 2.58 bits per heavy atom. The number of aliphatic hydroxyl groups is 1. The highest BCUT2D eigenvalue weighted by molar-refractivity contribution is 5.89. The molecule has 0 heterocycles. The van der Waals surface area contributed by atoms with Crippen LogP contribution in [0.2, 0.25) is 0 Å².